The zero-order valence-electron chi connectivity index (χ0n) is 10.2. The second kappa shape index (κ2) is 5.61. The minimum atomic E-state index is -4.61. The standard InChI is InChI=1S/C13H8Cl2F4N2/c14-9-3-6(16)4-10(15)12(9)21-11-2-1-7(20)5-8(11)13(17,18)19/h1-5,21H,20H2. The van der Waals surface area contributed by atoms with Crippen LogP contribution in [0.4, 0.5) is 34.6 Å². The average Bonchev–Trinajstić information content (AvgIpc) is 2.34. The van der Waals surface area contributed by atoms with Gasteiger partial charge in [-0.25, -0.2) is 4.39 Å². The summed E-state index contributed by atoms with van der Waals surface area (Å²) in [6, 6.07) is 5.12. The van der Waals surface area contributed by atoms with Gasteiger partial charge in [0, 0.05) is 5.69 Å². The molecule has 21 heavy (non-hydrogen) atoms. The second-order valence-electron chi connectivity index (χ2n) is 4.17. The lowest BCUT2D eigenvalue weighted by atomic mass is 10.1. The molecule has 2 aromatic carbocycles. The fourth-order valence-corrected chi connectivity index (χ4v) is 2.26. The number of nitrogens with one attached hydrogen (secondary N) is 1. The Morgan fingerprint density at radius 1 is 1.00 bits per heavy atom. The lowest BCUT2D eigenvalue weighted by Crippen LogP contribution is -2.10. The molecule has 2 nitrogen and oxygen atoms in total. The molecule has 0 aliphatic heterocycles. The molecule has 0 bridgehead atoms. The van der Waals surface area contributed by atoms with Crippen LogP contribution in [0.25, 0.3) is 0 Å². The zero-order valence-corrected chi connectivity index (χ0v) is 11.7. The summed E-state index contributed by atoms with van der Waals surface area (Å²) >= 11 is 11.6. The second-order valence-corrected chi connectivity index (χ2v) is 4.99. The minimum Gasteiger partial charge on any atom is -0.399 e. The van der Waals surface area contributed by atoms with Crippen molar-refractivity contribution < 1.29 is 17.6 Å². The Kier molecular flexibility index (Phi) is 4.20. The molecule has 0 saturated carbocycles. The van der Waals surface area contributed by atoms with Crippen LogP contribution in [0.1, 0.15) is 5.56 Å². The van der Waals surface area contributed by atoms with E-state index >= 15 is 0 Å². The summed E-state index contributed by atoms with van der Waals surface area (Å²) in [5.41, 5.74) is 4.05. The van der Waals surface area contributed by atoms with E-state index in [1.54, 1.807) is 0 Å². The molecule has 0 amide bonds. The van der Waals surface area contributed by atoms with E-state index < -0.39 is 17.6 Å². The van der Waals surface area contributed by atoms with E-state index in [0.29, 0.717) is 0 Å². The molecule has 3 N–H and O–H groups in total. The van der Waals surface area contributed by atoms with Crippen molar-refractivity contribution in [3.63, 3.8) is 0 Å². The van der Waals surface area contributed by atoms with Gasteiger partial charge in [-0.15, -0.1) is 0 Å². The maximum Gasteiger partial charge on any atom is 0.418 e. The molecule has 0 atom stereocenters. The Hall–Kier alpha value is -1.66. The first-order valence-corrected chi connectivity index (χ1v) is 6.32. The van der Waals surface area contributed by atoms with Crippen LogP contribution in [0, 0.1) is 5.82 Å². The molecule has 0 unspecified atom stereocenters. The van der Waals surface area contributed by atoms with E-state index in [9.17, 15) is 17.6 Å². The van der Waals surface area contributed by atoms with Crippen molar-refractivity contribution in [3.05, 3.63) is 51.8 Å². The van der Waals surface area contributed by atoms with Crippen molar-refractivity contribution in [1.29, 1.82) is 0 Å². The third kappa shape index (κ3) is 3.51. The van der Waals surface area contributed by atoms with Gasteiger partial charge in [-0.1, -0.05) is 23.2 Å². The average molecular weight is 339 g/mol. The Morgan fingerprint density at radius 3 is 2.10 bits per heavy atom. The molecule has 0 aliphatic rings. The molecule has 0 radical (unpaired) electrons. The van der Waals surface area contributed by atoms with E-state index in [-0.39, 0.29) is 27.1 Å². The van der Waals surface area contributed by atoms with Gasteiger partial charge in [-0.05, 0) is 30.3 Å². The maximum atomic E-state index is 13.1. The van der Waals surface area contributed by atoms with Gasteiger partial charge in [-0.2, -0.15) is 13.2 Å². The van der Waals surface area contributed by atoms with Gasteiger partial charge in [0.2, 0.25) is 0 Å². The van der Waals surface area contributed by atoms with Gasteiger partial charge in [0.15, 0.2) is 0 Å². The van der Waals surface area contributed by atoms with Crippen LogP contribution >= 0.6 is 23.2 Å². The van der Waals surface area contributed by atoms with E-state index in [0.717, 1.165) is 24.3 Å². The molecule has 0 saturated heterocycles. The lowest BCUT2D eigenvalue weighted by molar-refractivity contribution is -0.136. The number of nitrogen functional groups attached to an aromatic ring is 1. The van der Waals surface area contributed by atoms with Crippen molar-refractivity contribution >= 4 is 40.3 Å². The summed E-state index contributed by atoms with van der Waals surface area (Å²) in [5.74, 6) is -0.691. The van der Waals surface area contributed by atoms with Crippen molar-refractivity contribution in [3.8, 4) is 0 Å². The molecule has 0 fully saturated rings. The molecule has 0 aromatic heterocycles. The first kappa shape index (κ1) is 15.7. The molecule has 2 aromatic rings. The number of hydrogen-bond acceptors (Lipinski definition) is 2. The molecule has 0 heterocycles. The van der Waals surface area contributed by atoms with Crippen molar-refractivity contribution in [2.45, 2.75) is 6.18 Å². The van der Waals surface area contributed by atoms with E-state index in [1.807, 2.05) is 0 Å². The van der Waals surface area contributed by atoms with Crippen LogP contribution in [0.15, 0.2) is 30.3 Å². The lowest BCUT2D eigenvalue weighted by Gasteiger charge is -2.17. The molecule has 112 valence electrons. The summed E-state index contributed by atoms with van der Waals surface area (Å²) in [6.07, 6.45) is -4.61. The third-order valence-electron chi connectivity index (χ3n) is 2.62. The van der Waals surface area contributed by atoms with Gasteiger partial charge < -0.3 is 11.1 Å². The SMILES string of the molecule is Nc1ccc(Nc2c(Cl)cc(F)cc2Cl)c(C(F)(F)F)c1. The molecular weight excluding hydrogens is 331 g/mol. The normalized spacial score (nSPS) is 11.5. The number of alkyl halides is 3. The van der Waals surface area contributed by atoms with Gasteiger partial charge in [0.1, 0.15) is 5.82 Å². The van der Waals surface area contributed by atoms with E-state index in [1.165, 1.54) is 6.07 Å². The van der Waals surface area contributed by atoms with Crippen LogP contribution in [-0.4, -0.2) is 0 Å². The largest absolute Gasteiger partial charge is 0.418 e. The molecule has 0 aliphatic carbocycles. The highest BCUT2D eigenvalue weighted by Crippen LogP contribution is 2.40. The van der Waals surface area contributed by atoms with Crippen molar-refractivity contribution in [2.75, 3.05) is 11.1 Å². The first-order valence-electron chi connectivity index (χ1n) is 5.57. The summed E-state index contributed by atoms with van der Waals surface area (Å²) in [7, 11) is 0. The Bertz CT molecular complexity index is 663. The van der Waals surface area contributed by atoms with E-state index in [4.69, 9.17) is 28.9 Å². The Labute approximate surface area is 127 Å². The Morgan fingerprint density at radius 2 is 1.57 bits per heavy atom. The fourth-order valence-electron chi connectivity index (χ4n) is 1.70. The van der Waals surface area contributed by atoms with Crippen LogP contribution in [0.3, 0.4) is 0 Å². The number of benzene rings is 2. The highest BCUT2D eigenvalue weighted by molar-refractivity contribution is 6.39. The minimum absolute atomic E-state index is 0.0185. The third-order valence-corrected chi connectivity index (χ3v) is 3.21. The topological polar surface area (TPSA) is 38.0 Å². The molecular formula is C13H8Cl2F4N2. The van der Waals surface area contributed by atoms with Crippen LogP contribution < -0.4 is 11.1 Å². The van der Waals surface area contributed by atoms with E-state index in [2.05, 4.69) is 5.32 Å². The van der Waals surface area contributed by atoms with Crippen molar-refractivity contribution in [1.82, 2.24) is 0 Å². The predicted octanol–water partition coefficient (Wildman–Crippen LogP) is 5.48. The summed E-state index contributed by atoms with van der Waals surface area (Å²) < 4.78 is 52.0. The quantitative estimate of drug-likeness (QED) is 0.562. The monoisotopic (exact) mass is 338 g/mol. The number of halogens is 6. The van der Waals surface area contributed by atoms with Gasteiger partial charge >= 0.3 is 6.18 Å². The smallest absolute Gasteiger partial charge is 0.399 e. The van der Waals surface area contributed by atoms with Crippen molar-refractivity contribution in [2.24, 2.45) is 0 Å². The maximum absolute atomic E-state index is 13.1. The Balaban J connectivity index is 2.50. The number of anilines is 3. The molecule has 0 spiro atoms. The van der Waals surface area contributed by atoms with Gasteiger partial charge in [0.25, 0.3) is 0 Å². The van der Waals surface area contributed by atoms with Crippen LogP contribution in [0.2, 0.25) is 10.0 Å². The fraction of sp³-hybridized carbons (Fsp3) is 0.0769. The summed E-state index contributed by atoms with van der Waals surface area (Å²) in [6.45, 7) is 0. The summed E-state index contributed by atoms with van der Waals surface area (Å²) in [4.78, 5) is 0. The van der Waals surface area contributed by atoms with Gasteiger partial charge in [-0.3, -0.25) is 0 Å². The number of rotatable bonds is 2. The molecule has 8 heteroatoms. The number of nitrogens with two attached hydrogens (primary N) is 1. The first-order chi connectivity index (χ1) is 9.68. The van der Waals surface area contributed by atoms with Crippen LogP contribution in [-0.2, 0) is 6.18 Å². The zero-order chi connectivity index (χ0) is 15.8. The highest BCUT2D eigenvalue weighted by Gasteiger charge is 2.34. The van der Waals surface area contributed by atoms with Gasteiger partial charge in [0.05, 0.1) is 27.0 Å². The van der Waals surface area contributed by atoms with Crippen LogP contribution in [0.5, 0.6) is 0 Å². The molecule has 2 rings (SSSR count). The highest BCUT2D eigenvalue weighted by atomic mass is 35.5. The number of hydrogen-bond donors (Lipinski definition) is 2. The summed E-state index contributed by atoms with van der Waals surface area (Å²) in [5, 5.41) is 2.20. The predicted molar refractivity (Wildman–Crippen MR) is 75.6 cm³/mol.